The second-order valence-electron chi connectivity index (χ2n) is 3.17. The molecule has 1 rings (SSSR count). The molecule has 0 bridgehead atoms. The van der Waals surface area contributed by atoms with Gasteiger partial charge in [0.15, 0.2) is 9.84 Å². The first-order chi connectivity index (χ1) is 5.87. The summed E-state index contributed by atoms with van der Waals surface area (Å²) in [5.41, 5.74) is 0. The largest absolute Gasteiger partial charge is 0.298 e. The van der Waals surface area contributed by atoms with Crippen molar-refractivity contribution in [2.75, 3.05) is 18.1 Å². The van der Waals surface area contributed by atoms with Crippen LogP contribution in [0.3, 0.4) is 0 Å². The van der Waals surface area contributed by atoms with Crippen LogP contribution in [0, 0.1) is 5.92 Å². The van der Waals surface area contributed by atoms with Crippen LogP contribution in [0.25, 0.3) is 0 Å². The summed E-state index contributed by atoms with van der Waals surface area (Å²) < 4.78 is 47.8. The lowest BCUT2D eigenvalue weighted by molar-refractivity contribution is -0.112. The predicted molar refractivity (Wildman–Crippen MR) is 41.8 cm³/mol. The lowest BCUT2D eigenvalue weighted by atomic mass is 10.0. The lowest BCUT2D eigenvalue weighted by Gasteiger charge is -2.20. The highest BCUT2D eigenvalue weighted by molar-refractivity contribution is 7.91. The molecule has 0 spiro atoms. The van der Waals surface area contributed by atoms with E-state index >= 15 is 0 Å². The van der Waals surface area contributed by atoms with Crippen molar-refractivity contribution in [1.82, 2.24) is 0 Å². The first-order valence-corrected chi connectivity index (χ1v) is 5.59. The molecule has 1 atom stereocenters. The van der Waals surface area contributed by atoms with Crippen LogP contribution < -0.4 is 5.90 Å². The van der Waals surface area contributed by atoms with E-state index in [2.05, 4.69) is 10.7 Å². The van der Waals surface area contributed by atoms with Crippen LogP contribution in [-0.2, 0) is 14.7 Å². The molecule has 0 radical (unpaired) electrons. The molecule has 0 aromatic carbocycles. The summed E-state index contributed by atoms with van der Waals surface area (Å²) in [4.78, 5) is 3.84. The number of hydrogen-bond donors (Lipinski definition) is 1. The van der Waals surface area contributed by atoms with Gasteiger partial charge in [-0.1, -0.05) is 0 Å². The van der Waals surface area contributed by atoms with Crippen molar-refractivity contribution in [3.8, 4) is 0 Å². The van der Waals surface area contributed by atoms with E-state index in [-0.39, 0.29) is 12.2 Å². The summed E-state index contributed by atoms with van der Waals surface area (Å²) in [5.74, 6) is -0.410. The Balaban J connectivity index is 2.65. The third kappa shape index (κ3) is 2.58. The zero-order valence-corrected chi connectivity index (χ0v) is 7.69. The second kappa shape index (κ2) is 3.47. The molecule has 7 heteroatoms. The molecule has 0 aliphatic carbocycles. The van der Waals surface area contributed by atoms with Crippen LogP contribution in [0.2, 0.25) is 0 Å². The molecule has 1 aliphatic rings. The summed E-state index contributed by atoms with van der Waals surface area (Å²) in [6, 6.07) is 0. The number of nitrogens with two attached hydrogens (primary N) is 1. The van der Waals surface area contributed by atoms with E-state index in [0.717, 1.165) is 0 Å². The molecular formula is C6H11F2NO3S. The van der Waals surface area contributed by atoms with Crippen LogP contribution in [-0.4, -0.2) is 32.5 Å². The van der Waals surface area contributed by atoms with Gasteiger partial charge in [0, 0.05) is 5.92 Å². The van der Waals surface area contributed by atoms with Crippen LogP contribution in [0.15, 0.2) is 0 Å². The molecule has 1 heterocycles. The fourth-order valence-electron chi connectivity index (χ4n) is 1.36. The van der Waals surface area contributed by atoms with Gasteiger partial charge < -0.3 is 0 Å². The minimum Gasteiger partial charge on any atom is -0.298 e. The molecule has 0 aromatic heterocycles. The predicted octanol–water partition coefficient (Wildman–Crippen LogP) is -0.0533. The normalized spacial score (nSPS) is 27.8. The summed E-state index contributed by atoms with van der Waals surface area (Å²) in [6.07, 6.45) is -0.0152. The van der Waals surface area contributed by atoms with Crippen LogP contribution in [0.1, 0.15) is 6.42 Å². The molecule has 0 amide bonds. The summed E-state index contributed by atoms with van der Waals surface area (Å²) in [6.45, 7) is -0.923. The van der Waals surface area contributed by atoms with E-state index in [9.17, 15) is 17.2 Å². The lowest BCUT2D eigenvalue weighted by Crippen LogP contribution is -2.35. The van der Waals surface area contributed by atoms with E-state index < -0.39 is 34.0 Å². The number of sulfone groups is 1. The fraction of sp³-hybridized carbons (Fsp3) is 1.00. The van der Waals surface area contributed by atoms with Crippen molar-refractivity contribution in [3.05, 3.63) is 0 Å². The number of hydrogen-bond acceptors (Lipinski definition) is 4. The number of halogens is 2. The highest BCUT2D eigenvalue weighted by atomic mass is 32.2. The van der Waals surface area contributed by atoms with E-state index in [1.165, 1.54) is 0 Å². The molecule has 2 N–H and O–H groups in total. The number of rotatable bonds is 3. The Bertz CT molecular complexity index is 278. The Morgan fingerprint density at radius 1 is 1.54 bits per heavy atom. The van der Waals surface area contributed by atoms with E-state index in [4.69, 9.17) is 0 Å². The van der Waals surface area contributed by atoms with E-state index in [1.54, 1.807) is 0 Å². The zero-order valence-electron chi connectivity index (χ0n) is 6.87. The van der Waals surface area contributed by atoms with Gasteiger partial charge in [0.2, 0.25) is 0 Å². The van der Waals surface area contributed by atoms with Crippen molar-refractivity contribution in [2.45, 2.75) is 12.3 Å². The van der Waals surface area contributed by atoms with Crippen LogP contribution >= 0.6 is 0 Å². The smallest absolute Gasteiger partial charge is 0.276 e. The van der Waals surface area contributed by atoms with Crippen molar-refractivity contribution >= 4 is 9.84 Å². The summed E-state index contributed by atoms with van der Waals surface area (Å²) >= 11 is 0. The average Bonchev–Trinajstić information content (AvgIpc) is 2.30. The minimum atomic E-state index is -3.27. The molecule has 0 aromatic rings. The molecule has 13 heavy (non-hydrogen) atoms. The van der Waals surface area contributed by atoms with Crippen LogP contribution in [0.5, 0.6) is 0 Å². The summed E-state index contributed by atoms with van der Waals surface area (Å²) in [7, 11) is -3.27. The van der Waals surface area contributed by atoms with Gasteiger partial charge in [0.25, 0.3) is 5.92 Å². The first kappa shape index (κ1) is 10.8. The topological polar surface area (TPSA) is 69.4 Å². The highest BCUT2D eigenvalue weighted by Gasteiger charge is 2.46. The average molecular weight is 215 g/mol. The van der Waals surface area contributed by atoms with Crippen molar-refractivity contribution in [1.29, 1.82) is 0 Å². The molecule has 1 aliphatic heterocycles. The molecule has 1 unspecified atom stereocenters. The molecular weight excluding hydrogens is 204 g/mol. The molecule has 1 saturated heterocycles. The van der Waals surface area contributed by atoms with Crippen molar-refractivity contribution < 1.29 is 22.0 Å². The van der Waals surface area contributed by atoms with Gasteiger partial charge in [0.1, 0.15) is 6.61 Å². The highest BCUT2D eigenvalue weighted by Crippen LogP contribution is 2.33. The van der Waals surface area contributed by atoms with Gasteiger partial charge in [0.05, 0.1) is 11.5 Å². The third-order valence-electron chi connectivity index (χ3n) is 2.11. The Hall–Kier alpha value is -0.270. The standard InChI is InChI=1S/C6H11F2NO3S/c7-6(8,4-12-9)5-1-2-13(10,11)3-5/h5H,1-4,9H2. The quantitative estimate of drug-likeness (QED) is 0.670. The molecule has 4 nitrogen and oxygen atoms in total. The van der Waals surface area contributed by atoms with Crippen molar-refractivity contribution in [2.24, 2.45) is 11.8 Å². The zero-order chi connectivity index (χ0) is 10.1. The fourth-order valence-corrected chi connectivity index (χ4v) is 3.19. The third-order valence-corrected chi connectivity index (χ3v) is 3.87. The molecule has 1 fully saturated rings. The van der Waals surface area contributed by atoms with E-state index in [1.807, 2.05) is 0 Å². The monoisotopic (exact) mass is 215 g/mol. The van der Waals surface area contributed by atoms with Gasteiger partial charge in [-0.05, 0) is 6.42 Å². The minimum absolute atomic E-state index is 0.0152. The van der Waals surface area contributed by atoms with Gasteiger partial charge in [-0.15, -0.1) is 0 Å². The Morgan fingerprint density at radius 2 is 2.15 bits per heavy atom. The maximum Gasteiger partial charge on any atom is 0.276 e. The van der Waals surface area contributed by atoms with Gasteiger partial charge in [-0.2, -0.15) is 0 Å². The van der Waals surface area contributed by atoms with Crippen LogP contribution in [0.4, 0.5) is 8.78 Å². The maximum atomic E-state index is 13.0. The Labute approximate surface area is 74.9 Å². The first-order valence-electron chi connectivity index (χ1n) is 3.77. The second-order valence-corrected chi connectivity index (χ2v) is 5.40. The van der Waals surface area contributed by atoms with Gasteiger partial charge in [-0.25, -0.2) is 23.1 Å². The maximum absolute atomic E-state index is 13.0. The van der Waals surface area contributed by atoms with Gasteiger partial charge in [-0.3, -0.25) is 4.84 Å². The number of alkyl halides is 2. The van der Waals surface area contributed by atoms with Crippen molar-refractivity contribution in [3.63, 3.8) is 0 Å². The molecule has 0 saturated carbocycles. The van der Waals surface area contributed by atoms with E-state index in [0.29, 0.717) is 0 Å². The summed E-state index contributed by atoms with van der Waals surface area (Å²) in [5, 5.41) is 0. The van der Waals surface area contributed by atoms with Gasteiger partial charge >= 0.3 is 0 Å². The SMILES string of the molecule is NOCC(F)(F)C1CCS(=O)(=O)C1. The Kier molecular flexibility index (Phi) is 2.88. The molecule has 78 valence electrons. The Morgan fingerprint density at radius 3 is 2.54 bits per heavy atom.